The van der Waals surface area contributed by atoms with Crippen LogP contribution in [0.3, 0.4) is 0 Å². The van der Waals surface area contributed by atoms with E-state index in [9.17, 15) is 10.1 Å². The molecule has 1 aliphatic rings. The first kappa shape index (κ1) is 23.1. The zero-order valence-corrected chi connectivity index (χ0v) is 20.5. The summed E-state index contributed by atoms with van der Waals surface area (Å²) in [6.45, 7) is 7.95. The zero-order chi connectivity index (χ0) is 23.5. The highest BCUT2D eigenvalue weighted by atomic mass is 32.2. The molecule has 172 valence electrons. The first-order valence-corrected chi connectivity index (χ1v) is 12.4. The number of hydrogen-bond acceptors (Lipinski definition) is 5. The van der Waals surface area contributed by atoms with Crippen molar-refractivity contribution >= 4 is 23.5 Å². The predicted octanol–water partition coefficient (Wildman–Crippen LogP) is 5.41. The number of rotatable bonds is 6. The number of aromatic nitrogens is 4. The summed E-state index contributed by atoms with van der Waals surface area (Å²) < 4.78 is 4.15. The second kappa shape index (κ2) is 9.84. The molecule has 8 heteroatoms. The van der Waals surface area contributed by atoms with E-state index in [1.165, 1.54) is 31.0 Å². The van der Waals surface area contributed by atoms with Gasteiger partial charge >= 0.3 is 0 Å². The van der Waals surface area contributed by atoms with E-state index in [4.69, 9.17) is 0 Å². The van der Waals surface area contributed by atoms with Gasteiger partial charge in [-0.15, -0.1) is 10.2 Å². The maximum atomic E-state index is 13.0. The molecule has 7 nitrogen and oxygen atoms in total. The fraction of sp³-hybridized carbons (Fsp3) is 0.440. The van der Waals surface area contributed by atoms with Gasteiger partial charge in [0.1, 0.15) is 17.7 Å². The maximum Gasteiger partial charge on any atom is 0.235 e. The Labute approximate surface area is 199 Å². The predicted molar refractivity (Wildman–Crippen MR) is 131 cm³/mol. The van der Waals surface area contributed by atoms with Crippen molar-refractivity contribution in [2.45, 2.75) is 71.0 Å². The molecular formula is C25H30N6OS. The molecule has 4 rings (SSSR count). The Morgan fingerprint density at radius 3 is 2.64 bits per heavy atom. The normalized spacial score (nSPS) is 14.3. The third kappa shape index (κ3) is 4.69. The molecule has 0 unspecified atom stereocenters. The summed E-state index contributed by atoms with van der Waals surface area (Å²) in [5.41, 5.74) is 4.70. The minimum absolute atomic E-state index is 0.150. The van der Waals surface area contributed by atoms with E-state index >= 15 is 0 Å². The number of carbonyl (C=O) groups is 1. The van der Waals surface area contributed by atoms with E-state index in [-0.39, 0.29) is 11.7 Å². The summed E-state index contributed by atoms with van der Waals surface area (Å²) in [5.74, 6) is 1.44. The van der Waals surface area contributed by atoms with Crippen LogP contribution in [0.15, 0.2) is 29.4 Å². The number of thioether (sulfide) groups is 1. The maximum absolute atomic E-state index is 13.0. The Balaban J connectivity index is 1.54. The van der Waals surface area contributed by atoms with Gasteiger partial charge in [-0.2, -0.15) is 5.26 Å². The molecule has 2 heterocycles. The van der Waals surface area contributed by atoms with Gasteiger partial charge in [-0.05, 0) is 63.8 Å². The van der Waals surface area contributed by atoms with Gasteiger partial charge in [0.25, 0.3) is 0 Å². The van der Waals surface area contributed by atoms with E-state index in [0.29, 0.717) is 22.6 Å². The van der Waals surface area contributed by atoms with Gasteiger partial charge in [0.2, 0.25) is 5.91 Å². The van der Waals surface area contributed by atoms with E-state index in [2.05, 4.69) is 32.2 Å². The standard InChI is InChI=1S/C25H30N6OS/c1-16-9-8-12-21(13-16)31-19(4)28-29-25(31)33-15-23(32)27-24-22(14-26)17(2)18(3)30(24)20-10-6-5-7-11-20/h8-9,12-13,20H,5-7,10-11,15H2,1-4H3,(H,27,32). The van der Waals surface area contributed by atoms with Crippen LogP contribution in [-0.2, 0) is 4.79 Å². The Kier molecular flexibility index (Phi) is 6.89. The molecule has 0 bridgehead atoms. The SMILES string of the molecule is Cc1cccc(-n2c(C)nnc2SCC(=O)Nc2c(C#N)c(C)c(C)n2C2CCCCC2)c1. The molecular weight excluding hydrogens is 432 g/mol. The Morgan fingerprint density at radius 2 is 1.94 bits per heavy atom. The third-order valence-electron chi connectivity index (χ3n) is 6.45. The average molecular weight is 463 g/mol. The van der Waals surface area contributed by atoms with Gasteiger partial charge in [0.15, 0.2) is 5.16 Å². The van der Waals surface area contributed by atoms with E-state index < -0.39 is 0 Å². The summed E-state index contributed by atoms with van der Waals surface area (Å²) in [5, 5.41) is 22.0. The Morgan fingerprint density at radius 1 is 1.18 bits per heavy atom. The fourth-order valence-corrected chi connectivity index (χ4v) is 5.48. The summed E-state index contributed by atoms with van der Waals surface area (Å²) in [6.07, 6.45) is 5.77. The van der Waals surface area contributed by atoms with Gasteiger partial charge < -0.3 is 9.88 Å². The number of aryl methyl sites for hydroxylation is 2. The van der Waals surface area contributed by atoms with Crippen molar-refractivity contribution in [2.75, 3.05) is 11.1 Å². The van der Waals surface area contributed by atoms with Gasteiger partial charge in [0.05, 0.1) is 11.3 Å². The van der Waals surface area contributed by atoms with Crippen molar-refractivity contribution < 1.29 is 4.79 Å². The summed E-state index contributed by atoms with van der Waals surface area (Å²) in [6, 6.07) is 10.8. The lowest BCUT2D eigenvalue weighted by Crippen LogP contribution is -2.22. The zero-order valence-electron chi connectivity index (χ0n) is 19.7. The van der Waals surface area contributed by atoms with Crippen molar-refractivity contribution in [1.29, 1.82) is 5.26 Å². The molecule has 1 amide bonds. The Hall–Kier alpha value is -3.05. The number of nitrogens with zero attached hydrogens (tertiary/aromatic N) is 5. The van der Waals surface area contributed by atoms with Crippen LogP contribution < -0.4 is 5.32 Å². The van der Waals surface area contributed by atoms with E-state index in [0.717, 1.165) is 41.2 Å². The lowest BCUT2D eigenvalue weighted by Gasteiger charge is -2.27. The lowest BCUT2D eigenvalue weighted by atomic mass is 9.95. The molecule has 1 aliphatic carbocycles. The molecule has 0 spiro atoms. The van der Waals surface area contributed by atoms with E-state index in [1.807, 2.05) is 50.5 Å². The summed E-state index contributed by atoms with van der Waals surface area (Å²) in [7, 11) is 0. The Bertz CT molecular complexity index is 1210. The molecule has 3 aromatic rings. The van der Waals surface area contributed by atoms with Crippen LogP contribution in [0, 0.1) is 39.0 Å². The number of nitrogens with one attached hydrogen (secondary N) is 1. The number of carbonyl (C=O) groups excluding carboxylic acids is 1. The number of nitriles is 1. The quantitative estimate of drug-likeness (QED) is 0.495. The molecule has 0 aliphatic heterocycles. The van der Waals surface area contributed by atoms with Crippen LogP contribution in [0.25, 0.3) is 5.69 Å². The molecule has 1 aromatic carbocycles. The van der Waals surface area contributed by atoms with Gasteiger partial charge in [0, 0.05) is 17.4 Å². The van der Waals surface area contributed by atoms with Crippen molar-refractivity contribution in [3.63, 3.8) is 0 Å². The molecule has 0 saturated heterocycles. The number of anilines is 1. The summed E-state index contributed by atoms with van der Waals surface area (Å²) >= 11 is 1.35. The highest BCUT2D eigenvalue weighted by Crippen LogP contribution is 2.37. The van der Waals surface area contributed by atoms with Crippen molar-refractivity contribution in [3.05, 3.63) is 52.5 Å². The first-order chi connectivity index (χ1) is 15.9. The summed E-state index contributed by atoms with van der Waals surface area (Å²) in [4.78, 5) is 13.0. The van der Waals surface area contributed by atoms with Crippen LogP contribution in [0.4, 0.5) is 5.82 Å². The van der Waals surface area contributed by atoms with Crippen molar-refractivity contribution in [3.8, 4) is 11.8 Å². The van der Waals surface area contributed by atoms with Crippen LogP contribution >= 0.6 is 11.8 Å². The number of benzene rings is 1. The van der Waals surface area contributed by atoms with Crippen LogP contribution in [0.5, 0.6) is 0 Å². The van der Waals surface area contributed by atoms with Crippen molar-refractivity contribution in [2.24, 2.45) is 0 Å². The van der Waals surface area contributed by atoms with Gasteiger partial charge in [-0.1, -0.05) is 43.2 Å². The monoisotopic (exact) mass is 462 g/mol. The van der Waals surface area contributed by atoms with Crippen LogP contribution in [0.1, 0.15) is 66.4 Å². The second-order valence-electron chi connectivity index (χ2n) is 8.75. The molecule has 1 N–H and O–H groups in total. The van der Waals surface area contributed by atoms with Gasteiger partial charge in [-0.25, -0.2) is 0 Å². The fourth-order valence-electron chi connectivity index (χ4n) is 4.68. The van der Waals surface area contributed by atoms with Crippen LogP contribution in [-0.4, -0.2) is 31.0 Å². The second-order valence-corrected chi connectivity index (χ2v) is 9.69. The highest BCUT2D eigenvalue weighted by Gasteiger charge is 2.26. The first-order valence-electron chi connectivity index (χ1n) is 11.4. The molecule has 1 saturated carbocycles. The van der Waals surface area contributed by atoms with Crippen LogP contribution in [0.2, 0.25) is 0 Å². The average Bonchev–Trinajstić information content (AvgIpc) is 3.29. The number of hydrogen-bond donors (Lipinski definition) is 1. The lowest BCUT2D eigenvalue weighted by molar-refractivity contribution is -0.113. The minimum atomic E-state index is -0.150. The largest absolute Gasteiger partial charge is 0.327 e. The van der Waals surface area contributed by atoms with E-state index in [1.54, 1.807) is 0 Å². The minimum Gasteiger partial charge on any atom is -0.327 e. The molecule has 2 aromatic heterocycles. The highest BCUT2D eigenvalue weighted by molar-refractivity contribution is 7.99. The molecule has 33 heavy (non-hydrogen) atoms. The van der Waals surface area contributed by atoms with Crippen molar-refractivity contribution in [1.82, 2.24) is 19.3 Å². The molecule has 1 fully saturated rings. The molecule has 0 radical (unpaired) electrons. The topological polar surface area (TPSA) is 88.5 Å². The third-order valence-corrected chi connectivity index (χ3v) is 7.38. The smallest absolute Gasteiger partial charge is 0.235 e. The van der Waals surface area contributed by atoms with Gasteiger partial charge in [-0.3, -0.25) is 9.36 Å². The molecule has 0 atom stereocenters. The number of amides is 1.